The third kappa shape index (κ3) is 3.95. The molecule has 0 saturated carbocycles. The molecule has 6 heteroatoms. The van der Waals surface area contributed by atoms with E-state index in [9.17, 15) is 9.59 Å². The summed E-state index contributed by atoms with van der Waals surface area (Å²) < 4.78 is 10.3. The Morgan fingerprint density at radius 3 is 2.67 bits per heavy atom. The summed E-state index contributed by atoms with van der Waals surface area (Å²) in [6.07, 6.45) is 0.177. The Balaban J connectivity index is 1.84. The number of aryl methyl sites for hydroxylation is 1. The molecule has 0 unspecified atom stereocenters. The van der Waals surface area contributed by atoms with E-state index in [0.717, 1.165) is 27.9 Å². The SMILES string of the molecule is CCOC(=O)c1ccccc1NC(=O)Cc1c(C)[nH]c2ccc(OC)cc12. The number of hydrogen-bond acceptors (Lipinski definition) is 4. The Kier molecular flexibility index (Phi) is 5.45. The van der Waals surface area contributed by atoms with E-state index in [-0.39, 0.29) is 18.9 Å². The van der Waals surface area contributed by atoms with Crippen LogP contribution in [0.1, 0.15) is 28.5 Å². The van der Waals surface area contributed by atoms with Crippen molar-refractivity contribution < 1.29 is 19.1 Å². The maximum absolute atomic E-state index is 12.7. The fraction of sp³-hybridized carbons (Fsp3) is 0.238. The predicted molar refractivity (Wildman–Crippen MR) is 104 cm³/mol. The van der Waals surface area contributed by atoms with Crippen molar-refractivity contribution in [3.8, 4) is 5.75 Å². The molecule has 0 aliphatic rings. The van der Waals surface area contributed by atoms with Crippen molar-refractivity contribution in [2.24, 2.45) is 0 Å². The molecule has 3 aromatic rings. The lowest BCUT2D eigenvalue weighted by Crippen LogP contribution is -2.17. The Morgan fingerprint density at radius 1 is 1.15 bits per heavy atom. The molecule has 27 heavy (non-hydrogen) atoms. The number of anilines is 1. The van der Waals surface area contributed by atoms with Gasteiger partial charge in [0.15, 0.2) is 0 Å². The first kappa shape index (κ1) is 18.5. The lowest BCUT2D eigenvalue weighted by atomic mass is 10.1. The Hall–Kier alpha value is -3.28. The van der Waals surface area contributed by atoms with E-state index in [1.54, 1.807) is 38.3 Å². The van der Waals surface area contributed by atoms with E-state index in [1.807, 2.05) is 25.1 Å². The fourth-order valence-corrected chi connectivity index (χ4v) is 3.05. The van der Waals surface area contributed by atoms with Crippen molar-refractivity contribution >= 4 is 28.5 Å². The van der Waals surface area contributed by atoms with E-state index >= 15 is 0 Å². The second-order valence-corrected chi connectivity index (χ2v) is 6.13. The van der Waals surface area contributed by atoms with Gasteiger partial charge in [0.05, 0.1) is 31.4 Å². The molecule has 1 aromatic heterocycles. The maximum atomic E-state index is 12.7. The van der Waals surface area contributed by atoms with E-state index in [4.69, 9.17) is 9.47 Å². The number of ether oxygens (including phenoxy) is 2. The van der Waals surface area contributed by atoms with Crippen LogP contribution in [-0.2, 0) is 16.0 Å². The van der Waals surface area contributed by atoms with Crippen LogP contribution in [0.2, 0.25) is 0 Å². The van der Waals surface area contributed by atoms with Gasteiger partial charge in [0, 0.05) is 16.6 Å². The Morgan fingerprint density at radius 2 is 1.93 bits per heavy atom. The number of amides is 1. The van der Waals surface area contributed by atoms with Crippen molar-refractivity contribution in [3.05, 3.63) is 59.3 Å². The van der Waals surface area contributed by atoms with Crippen LogP contribution in [0.4, 0.5) is 5.69 Å². The van der Waals surface area contributed by atoms with Gasteiger partial charge in [-0.15, -0.1) is 0 Å². The molecular weight excluding hydrogens is 344 g/mol. The zero-order valence-electron chi connectivity index (χ0n) is 15.6. The molecule has 0 spiro atoms. The molecule has 0 saturated heterocycles. The number of fused-ring (bicyclic) bond motifs is 1. The van der Waals surface area contributed by atoms with E-state index in [2.05, 4.69) is 10.3 Å². The zero-order valence-corrected chi connectivity index (χ0v) is 15.6. The smallest absolute Gasteiger partial charge is 0.340 e. The minimum Gasteiger partial charge on any atom is -0.497 e. The molecule has 2 aromatic carbocycles. The molecule has 0 radical (unpaired) electrons. The molecular formula is C21H22N2O4. The summed E-state index contributed by atoms with van der Waals surface area (Å²) in [4.78, 5) is 28.0. The van der Waals surface area contributed by atoms with Crippen LogP contribution in [-0.4, -0.2) is 30.6 Å². The summed E-state index contributed by atoms with van der Waals surface area (Å²) in [6.45, 7) is 3.95. The number of carbonyl (C=O) groups excluding carboxylic acids is 2. The molecule has 140 valence electrons. The van der Waals surface area contributed by atoms with Gasteiger partial charge in [-0.05, 0) is 49.7 Å². The highest BCUT2D eigenvalue weighted by molar-refractivity contribution is 6.02. The van der Waals surface area contributed by atoms with Crippen LogP contribution in [0.25, 0.3) is 10.9 Å². The van der Waals surface area contributed by atoms with Crippen molar-refractivity contribution in [3.63, 3.8) is 0 Å². The number of para-hydroxylation sites is 1. The lowest BCUT2D eigenvalue weighted by Gasteiger charge is -2.10. The monoisotopic (exact) mass is 366 g/mol. The second kappa shape index (κ2) is 7.95. The third-order valence-corrected chi connectivity index (χ3v) is 4.36. The summed E-state index contributed by atoms with van der Waals surface area (Å²) in [5.41, 5.74) is 3.55. The highest BCUT2D eigenvalue weighted by Gasteiger charge is 2.17. The number of rotatable bonds is 6. The Bertz CT molecular complexity index is 991. The highest BCUT2D eigenvalue weighted by atomic mass is 16.5. The summed E-state index contributed by atoms with van der Waals surface area (Å²) >= 11 is 0. The summed E-state index contributed by atoms with van der Waals surface area (Å²) in [5.74, 6) is 0.0656. The molecule has 6 nitrogen and oxygen atoms in total. The first-order valence-corrected chi connectivity index (χ1v) is 8.74. The fourth-order valence-electron chi connectivity index (χ4n) is 3.05. The number of aromatic nitrogens is 1. The highest BCUT2D eigenvalue weighted by Crippen LogP contribution is 2.27. The summed E-state index contributed by atoms with van der Waals surface area (Å²) in [7, 11) is 1.61. The normalized spacial score (nSPS) is 10.6. The van der Waals surface area contributed by atoms with Crippen molar-refractivity contribution in [2.45, 2.75) is 20.3 Å². The van der Waals surface area contributed by atoms with Crippen LogP contribution in [0.3, 0.4) is 0 Å². The maximum Gasteiger partial charge on any atom is 0.340 e. The standard InChI is InChI=1S/C21H22N2O4/c1-4-27-21(25)15-7-5-6-8-18(15)23-20(24)12-16-13(2)22-19-10-9-14(26-3)11-17(16)19/h5-11,22H,4,12H2,1-3H3,(H,23,24). The largest absolute Gasteiger partial charge is 0.497 e. The van der Waals surface area contributed by atoms with Gasteiger partial charge in [-0.1, -0.05) is 12.1 Å². The number of benzene rings is 2. The average Bonchev–Trinajstić information content (AvgIpc) is 2.97. The van der Waals surface area contributed by atoms with Crippen molar-refractivity contribution in [1.82, 2.24) is 4.98 Å². The second-order valence-electron chi connectivity index (χ2n) is 6.13. The average molecular weight is 366 g/mol. The van der Waals surface area contributed by atoms with E-state index in [0.29, 0.717) is 11.3 Å². The van der Waals surface area contributed by atoms with Gasteiger partial charge in [0.2, 0.25) is 5.91 Å². The van der Waals surface area contributed by atoms with E-state index < -0.39 is 5.97 Å². The summed E-state index contributed by atoms with van der Waals surface area (Å²) in [6, 6.07) is 12.5. The van der Waals surface area contributed by atoms with Crippen LogP contribution in [0.5, 0.6) is 5.75 Å². The number of hydrogen-bond donors (Lipinski definition) is 2. The minimum absolute atomic E-state index is 0.177. The van der Waals surface area contributed by atoms with Crippen molar-refractivity contribution in [2.75, 3.05) is 19.0 Å². The molecule has 1 amide bonds. The molecule has 3 rings (SSSR count). The number of esters is 1. The van der Waals surface area contributed by atoms with Gasteiger partial charge in [-0.2, -0.15) is 0 Å². The molecule has 0 aliphatic heterocycles. The number of carbonyl (C=O) groups is 2. The van der Waals surface area contributed by atoms with Gasteiger partial charge in [0.25, 0.3) is 0 Å². The molecule has 0 bridgehead atoms. The van der Waals surface area contributed by atoms with Crippen LogP contribution >= 0.6 is 0 Å². The number of aromatic amines is 1. The van der Waals surface area contributed by atoms with Gasteiger partial charge >= 0.3 is 5.97 Å². The number of nitrogens with one attached hydrogen (secondary N) is 2. The number of methoxy groups -OCH3 is 1. The minimum atomic E-state index is -0.457. The van der Waals surface area contributed by atoms with Gasteiger partial charge in [-0.25, -0.2) is 4.79 Å². The first-order valence-electron chi connectivity index (χ1n) is 8.74. The van der Waals surface area contributed by atoms with E-state index in [1.165, 1.54) is 0 Å². The third-order valence-electron chi connectivity index (χ3n) is 4.36. The van der Waals surface area contributed by atoms with Crippen LogP contribution in [0.15, 0.2) is 42.5 Å². The molecule has 1 heterocycles. The molecule has 0 aliphatic carbocycles. The van der Waals surface area contributed by atoms with Crippen LogP contribution < -0.4 is 10.1 Å². The lowest BCUT2D eigenvalue weighted by molar-refractivity contribution is -0.115. The Labute approximate surface area is 157 Å². The number of H-pyrrole nitrogens is 1. The van der Waals surface area contributed by atoms with Gasteiger partial charge in [0.1, 0.15) is 5.75 Å². The molecule has 0 fully saturated rings. The topological polar surface area (TPSA) is 80.4 Å². The van der Waals surface area contributed by atoms with Gasteiger partial charge in [-0.3, -0.25) is 4.79 Å². The summed E-state index contributed by atoms with van der Waals surface area (Å²) in [5, 5.41) is 3.77. The van der Waals surface area contributed by atoms with Crippen LogP contribution in [0, 0.1) is 6.92 Å². The van der Waals surface area contributed by atoms with Crippen molar-refractivity contribution in [1.29, 1.82) is 0 Å². The first-order chi connectivity index (χ1) is 13.0. The molecule has 2 N–H and O–H groups in total. The van der Waals surface area contributed by atoms with Gasteiger partial charge < -0.3 is 19.8 Å². The quantitative estimate of drug-likeness (QED) is 0.650. The predicted octanol–water partition coefficient (Wildman–Crippen LogP) is 3.84. The zero-order chi connectivity index (χ0) is 19.4. The molecule has 0 atom stereocenters.